The van der Waals surface area contributed by atoms with E-state index in [1.165, 1.54) is 27.1 Å². The zero-order valence-electron chi connectivity index (χ0n) is 11.0. The third-order valence-electron chi connectivity index (χ3n) is 3.96. The average Bonchev–Trinajstić information content (AvgIpc) is 2.75. The Labute approximate surface area is 127 Å². The smallest absolute Gasteiger partial charge is 0.0701 e. The van der Waals surface area contributed by atoms with Crippen LogP contribution in [0.4, 0.5) is 0 Å². The van der Waals surface area contributed by atoms with Crippen LogP contribution in [0.1, 0.15) is 34.8 Å². The third kappa shape index (κ3) is 3.10. The number of rotatable bonds is 4. The van der Waals surface area contributed by atoms with Gasteiger partial charge in [0.2, 0.25) is 0 Å². The molecule has 1 aromatic heterocycles. The summed E-state index contributed by atoms with van der Waals surface area (Å²) in [6.07, 6.45) is 2.55. The van der Waals surface area contributed by atoms with Crippen LogP contribution >= 0.6 is 27.3 Å². The fraction of sp³-hybridized carbons (Fsp3) is 0.375. The molecule has 3 rings (SSSR count). The van der Waals surface area contributed by atoms with Crippen molar-refractivity contribution in [1.82, 2.24) is 5.32 Å². The maximum Gasteiger partial charge on any atom is 0.0701 e. The van der Waals surface area contributed by atoms with Crippen molar-refractivity contribution in [2.24, 2.45) is 0 Å². The quantitative estimate of drug-likeness (QED) is 0.841. The van der Waals surface area contributed by atoms with Crippen LogP contribution in [-0.4, -0.2) is 6.04 Å². The summed E-state index contributed by atoms with van der Waals surface area (Å²) in [4.78, 5) is 1.41. The molecule has 0 unspecified atom stereocenters. The number of halogens is 1. The van der Waals surface area contributed by atoms with Crippen molar-refractivity contribution in [3.8, 4) is 0 Å². The Kier molecular flexibility index (Phi) is 4.06. The van der Waals surface area contributed by atoms with Crippen LogP contribution in [0.25, 0.3) is 0 Å². The van der Waals surface area contributed by atoms with Crippen molar-refractivity contribution in [1.29, 1.82) is 0 Å². The molecule has 1 aliphatic carbocycles. The number of hydrogen-bond donors (Lipinski definition) is 1. The van der Waals surface area contributed by atoms with Gasteiger partial charge in [0.25, 0.3) is 0 Å². The summed E-state index contributed by atoms with van der Waals surface area (Å²) >= 11 is 5.33. The van der Waals surface area contributed by atoms with Crippen LogP contribution in [0.5, 0.6) is 0 Å². The van der Waals surface area contributed by atoms with E-state index >= 15 is 0 Å². The monoisotopic (exact) mass is 335 g/mol. The lowest BCUT2D eigenvalue weighted by Crippen LogP contribution is -2.39. The van der Waals surface area contributed by atoms with Crippen LogP contribution in [0.3, 0.4) is 0 Å². The molecule has 0 spiro atoms. The van der Waals surface area contributed by atoms with E-state index in [4.69, 9.17) is 0 Å². The number of nitrogens with one attached hydrogen (secondary N) is 1. The molecule has 1 heterocycles. The molecule has 0 atom stereocenters. The van der Waals surface area contributed by atoms with Gasteiger partial charge in [-0.1, -0.05) is 24.3 Å². The zero-order chi connectivity index (χ0) is 13.2. The zero-order valence-corrected chi connectivity index (χ0v) is 13.4. The molecule has 0 aliphatic heterocycles. The molecule has 1 fully saturated rings. The van der Waals surface area contributed by atoms with Gasteiger partial charge < -0.3 is 5.32 Å². The normalized spacial score (nSPS) is 22.2. The Hall–Kier alpha value is -0.640. The number of hydrogen-bond acceptors (Lipinski definition) is 2. The Balaban J connectivity index is 1.49. The first kappa shape index (κ1) is 13.3. The van der Waals surface area contributed by atoms with Crippen LogP contribution in [0.15, 0.2) is 40.2 Å². The number of aryl methyl sites for hydroxylation is 1. The molecule has 0 saturated heterocycles. The van der Waals surface area contributed by atoms with Gasteiger partial charge in [-0.25, -0.2) is 0 Å². The number of benzene rings is 1. The second kappa shape index (κ2) is 5.78. The molecule has 19 heavy (non-hydrogen) atoms. The Morgan fingerprint density at radius 1 is 1.21 bits per heavy atom. The second-order valence-corrected chi connectivity index (χ2v) is 7.86. The minimum absolute atomic E-state index is 0.686. The van der Waals surface area contributed by atoms with Crippen molar-refractivity contribution in [2.45, 2.75) is 38.3 Å². The van der Waals surface area contributed by atoms with Crippen molar-refractivity contribution in [3.05, 3.63) is 56.2 Å². The highest BCUT2D eigenvalue weighted by molar-refractivity contribution is 9.11. The molecule has 1 aromatic carbocycles. The molecular formula is C16H18BrNS. The van der Waals surface area contributed by atoms with Gasteiger partial charge in [-0.3, -0.25) is 0 Å². The summed E-state index contributed by atoms with van der Waals surface area (Å²) in [5, 5.41) is 3.66. The molecule has 3 heteroatoms. The minimum Gasteiger partial charge on any atom is -0.309 e. The molecule has 1 saturated carbocycles. The van der Waals surface area contributed by atoms with Gasteiger partial charge in [-0.2, -0.15) is 0 Å². The minimum atomic E-state index is 0.686. The van der Waals surface area contributed by atoms with Gasteiger partial charge in [0.15, 0.2) is 0 Å². The highest BCUT2D eigenvalue weighted by Crippen LogP contribution is 2.38. The maximum absolute atomic E-state index is 3.66. The van der Waals surface area contributed by atoms with Gasteiger partial charge in [0, 0.05) is 17.5 Å². The van der Waals surface area contributed by atoms with E-state index in [1.54, 1.807) is 5.56 Å². The van der Waals surface area contributed by atoms with Gasteiger partial charge in [-0.05, 0) is 64.9 Å². The topological polar surface area (TPSA) is 12.0 Å². The summed E-state index contributed by atoms with van der Waals surface area (Å²) < 4.78 is 1.22. The summed E-state index contributed by atoms with van der Waals surface area (Å²) in [5.74, 6) is 0.758. The fourth-order valence-electron chi connectivity index (χ4n) is 2.77. The van der Waals surface area contributed by atoms with Crippen LogP contribution < -0.4 is 5.32 Å². The summed E-state index contributed by atoms with van der Waals surface area (Å²) in [5.41, 5.74) is 2.98. The van der Waals surface area contributed by atoms with E-state index in [-0.39, 0.29) is 0 Å². The molecule has 1 N–H and O–H groups in total. The SMILES string of the molecule is Cc1ccccc1C1CC(NCc2ccc(Br)s2)C1. The first-order valence-electron chi connectivity index (χ1n) is 6.75. The Morgan fingerprint density at radius 3 is 2.68 bits per heavy atom. The van der Waals surface area contributed by atoms with Crippen LogP contribution in [-0.2, 0) is 6.54 Å². The van der Waals surface area contributed by atoms with Gasteiger partial charge in [0.1, 0.15) is 0 Å². The van der Waals surface area contributed by atoms with E-state index in [0.717, 1.165) is 12.5 Å². The lowest BCUT2D eigenvalue weighted by Gasteiger charge is -2.37. The van der Waals surface area contributed by atoms with Crippen molar-refractivity contribution in [3.63, 3.8) is 0 Å². The molecule has 0 amide bonds. The second-order valence-electron chi connectivity index (χ2n) is 5.31. The maximum atomic E-state index is 3.66. The van der Waals surface area contributed by atoms with Crippen LogP contribution in [0, 0.1) is 6.92 Å². The lowest BCUT2D eigenvalue weighted by atomic mass is 9.74. The summed E-state index contributed by atoms with van der Waals surface area (Å²) in [6, 6.07) is 13.8. The molecule has 0 bridgehead atoms. The first-order chi connectivity index (χ1) is 9.22. The molecule has 1 nitrogen and oxygen atoms in total. The van der Waals surface area contributed by atoms with Gasteiger partial charge >= 0.3 is 0 Å². The molecule has 0 radical (unpaired) electrons. The predicted molar refractivity (Wildman–Crippen MR) is 85.8 cm³/mol. The van der Waals surface area contributed by atoms with Crippen molar-refractivity contribution >= 4 is 27.3 Å². The Morgan fingerprint density at radius 2 is 2.00 bits per heavy atom. The molecule has 2 aromatic rings. The largest absolute Gasteiger partial charge is 0.309 e. The molecule has 1 aliphatic rings. The van der Waals surface area contributed by atoms with Gasteiger partial charge in [0.05, 0.1) is 3.79 Å². The standard InChI is InChI=1S/C16H18BrNS/c1-11-4-2-3-5-15(11)12-8-13(9-12)18-10-14-6-7-16(17)19-14/h2-7,12-13,18H,8-10H2,1H3. The van der Waals surface area contributed by atoms with E-state index in [9.17, 15) is 0 Å². The van der Waals surface area contributed by atoms with Crippen LogP contribution in [0.2, 0.25) is 0 Å². The van der Waals surface area contributed by atoms with Crippen molar-refractivity contribution < 1.29 is 0 Å². The predicted octanol–water partition coefficient (Wildman–Crippen LogP) is 4.85. The first-order valence-corrected chi connectivity index (χ1v) is 8.36. The van der Waals surface area contributed by atoms with E-state index < -0.39 is 0 Å². The molecular weight excluding hydrogens is 318 g/mol. The van der Waals surface area contributed by atoms with E-state index in [2.05, 4.69) is 64.6 Å². The highest BCUT2D eigenvalue weighted by Gasteiger charge is 2.30. The summed E-state index contributed by atoms with van der Waals surface area (Å²) in [7, 11) is 0. The molecule has 100 valence electrons. The average molecular weight is 336 g/mol. The van der Waals surface area contributed by atoms with E-state index in [0.29, 0.717) is 6.04 Å². The highest BCUT2D eigenvalue weighted by atomic mass is 79.9. The fourth-order valence-corrected chi connectivity index (χ4v) is 4.21. The van der Waals surface area contributed by atoms with Gasteiger partial charge in [-0.15, -0.1) is 11.3 Å². The van der Waals surface area contributed by atoms with E-state index in [1.807, 2.05) is 11.3 Å². The summed E-state index contributed by atoms with van der Waals surface area (Å²) in [6.45, 7) is 3.22. The van der Waals surface area contributed by atoms with Crippen molar-refractivity contribution in [2.75, 3.05) is 0 Å². The number of thiophene rings is 1. The Bertz CT molecular complexity index is 557. The third-order valence-corrected chi connectivity index (χ3v) is 5.58. The lowest BCUT2D eigenvalue weighted by molar-refractivity contribution is 0.289.